The Kier molecular flexibility index (Phi) is 5.58. The number of nitrogens with zero attached hydrogens (tertiary/aromatic N) is 1. The van der Waals surface area contributed by atoms with Crippen LogP contribution in [0.5, 0.6) is 0 Å². The summed E-state index contributed by atoms with van der Waals surface area (Å²) in [5.74, 6) is -3.92. The summed E-state index contributed by atoms with van der Waals surface area (Å²) in [6.07, 6.45) is 3.15. The highest BCUT2D eigenvalue weighted by molar-refractivity contribution is 6.01. The third-order valence-corrected chi connectivity index (χ3v) is 5.44. The van der Waals surface area contributed by atoms with Gasteiger partial charge in [0, 0.05) is 46.4 Å². The maximum atomic E-state index is 12.9. The lowest BCUT2D eigenvalue weighted by molar-refractivity contribution is -0.138. The molecular formula is C24H23N5O3. The molecule has 2 heterocycles. The zero-order valence-electron chi connectivity index (χ0n) is 17.2. The lowest BCUT2D eigenvalue weighted by Gasteiger charge is -2.19. The van der Waals surface area contributed by atoms with Gasteiger partial charge in [0.25, 0.3) is 0 Å². The third kappa shape index (κ3) is 4.28. The minimum atomic E-state index is -1.51. The molecule has 162 valence electrons. The Morgan fingerprint density at radius 1 is 1.03 bits per heavy atom. The molecule has 0 aliphatic carbocycles. The molecule has 1 atom stereocenters. The van der Waals surface area contributed by atoms with Crippen molar-refractivity contribution >= 4 is 22.7 Å². The quantitative estimate of drug-likeness (QED) is 0.223. The van der Waals surface area contributed by atoms with Crippen LogP contribution in [0, 0.1) is 0 Å². The Hall–Kier alpha value is -3.85. The summed E-state index contributed by atoms with van der Waals surface area (Å²) in [6.45, 7) is 0. The van der Waals surface area contributed by atoms with Gasteiger partial charge in [-0.3, -0.25) is 31.8 Å². The first kappa shape index (κ1) is 21.4. The summed E-state index contributed by atoms with van der Waals surface area (Å²) in [5.41, 5.74) is 20.8. The van der Waals surface area contributed by atoms with E-state index in [-0.39, 0.29) is 12.2 Å². The number of H-pyrrole nitrogens is 1. The van der Waals surface area contributed by atoms with Gasteiger partial charge in [0.15, 0.2) is 5.78 Å². The summed E-state index contributed by atoms with van der Waals surface area (Å²) in [7, 11) is 0. The second-order valence-corrected chi connectivity index (χ2v) is 7.75. The van der Waals surface area contributed by atoms with Crippen molar-refractivity contribution in [3.05, 3.63) is 89.7 Å². The largest absolute Gasteiger partial charge is 0.481 e. The number of carbonyl (C=O) groups excluding carboxylic acids is 1. The summed E-state index contributed by atoms with van der Waals surface area (Å²) in [5, 5.41) is 10.6. The molecule has 8 nitrogen and oxygen atoms in total. The van der Waals surface area contributed by atoms with E-state index in [0.717, 1.165) is 22.2 Å². The van der Waals surface area contributed by atoms with Crippen LogP contribution in [0.1, 0.15) is 33.8 Å². The number of Topliss-reactive ketones (excluding diaryl/α,β-unsaturated/α-hetero) is 1. The predicted octanol–water partition coefficient (Wildman–Crippen LogP) is 2.66. The molecule has 0 aliphatic heterocycles. The number of hydrogen-bond donors (Lipinski definition) is 5. The van der Waals surface area contributed by atoms with Crippen LogP contribution in [0.2, 0.25) is 0 Å². The van der Waals surface area contributed by atoms with Crippen molar-refractivity contribution in [3.8, 4) is 11.3 Å². The molecule has 1 unspecified atom stereocenters. The summed E-state index contributed by atoms with van der Waals surface area (Å²) in [6, 6.07) is 17.5. The van der Waals surface area contributed by atoms with Gasteiger partial charge < -0.3 is 10.1 Å². The number of rotatable bonds is 7. The van der Waals surface area contributed by atoms with Crippen molar-refractivity contribution in [1.29, 1.82) is 0 Å². The number of nitrogens with one attached hydrogen (secondary N) is 1. The normalized spacial score (nSPS) is 12.6. The number of pyridine rings is 1. The molecule has 8 N–H and O–H groups in total. The molecule has 0 saturated carbocycles. The van der Waals surface area contributed by atoms with Crippen LogP contribution in [0.3, 0.4) is 0 Å². The molecule has 2 aromatic carbocycles. The number of carboxylic acids is 1. The van der Waals surface area contributed by atoms with Crippen molar-refractivity contribution in [3.63, 3.8) is 0 Å². The second kappa shape index (κ2) is 8.35. The average Bonchev–Trinajstić information content (AvgIpc) is 3.20. The first-order chi connectivity index (χ1) is 15.2. The van der Waals surface area contributed by atoms with Crippen molar-refractivity contribution in [2.45, 2.75) is 18.1 Å². The fourth-order valence-corrected chi connectivity index (χ4v) is 3.70. The van der Waals surface area contributed by atoms with Crippen LogP contribution in [0.4, 0.5) is 0 Å². The Labute approximate surface area is 184 Å². The minimum Gasteiger partial charge on any atom is -0.481 e. The van der Waals surface area contributed by atoms with Crippen molar-refractivity contribution in [1.82, 2.24) is 9.97 Å². The van der Waals surface area contributed by atoms with Gasteiger partial charge in [0.05, 0.1) is 11.6 Å². The van der Waals surface area contributed by atoms with E-state index in [1.807, 2.05) is 36.4 Å². The van der Waals surface area contributed by atoms with Gasteiger partial charge >= 0.3 is 5.97 Å². The topological polar surface area (TPSA) is 161 Å². The van der Waals surface area contributed by atoms with Gasteiger partial charge in [-0.2, -0.15) is 0 Å². The number of aliphatic carboxylic acids is 1. The molecule has 8 heteroatoms. The zero-order valence-corrected chi connectivity index (χ0v) is 17.2. The zero-order chi connectivity index (χ0) is 22.9. The monoisotopic (exact) mass is 429 g/mol. The first-order valence-corrected chi connectivity index (χ1v) is 9.99. The number of nitrogens with two attached hydrogens (primary N) is 3. The first-order valence-electron chi connectivity index (χ1n) is 9.99. The van der Waals surface area contributed by atoms with Gasteiger partial charge in [0.2, 0.25) is 0 Å². The Morgan fingerprint density at radius 3 is 2.41 bits per heavy atom. The molecule has 0 fully saturated rings. The lowest BCUT2D eigenvalue weighted by Crippen LogP contribution is -2.54. The number of carboxylic acid groups (broad SMARTS) is 1. The number of ketones is 1. The molecule has 32 heavy (non-hydrogen) atoms. The standard InChI is InChI=1S/C24H23N5O3/c25-24(26,27)16-7-4-14(5-8-16)22(30)12-18(23(31)32)19-13-29-21-9-6-15(11-17(19)21)20-3-1-2-10-28-20/h1-11,13,18,29H,12,25-27H2,(H,31,32). The Morgan fingerprint density at radius 2 is 1.78 bits per heavy atom. The van der Waals surface area contributed by atoms with Crippen LogP contribution < -0.4 is 17.2 Å². The molecule has 0 bridgehead atoms. The highest BCUT2D eigenvalue weighted by Crippen LogP contribution is 2.32. The molecule has 0 amide bonds. The number of carbonyl (C=O) groups is 2. The number of aromatic nitrogens is 2. The van der Waals surface area contributed by atoms with E-state index in [9.17, 15) is 14.7 Å². The van der Waals surface area contributed by atoms with Gasteiger partial charge in [-0.25, -0.2) is 0 Å². The molecule has 4 rings (SSSR count). The van der Waals surface area contributed by atoms with Crippen molar-refractivity contribution in [2.75, 3.05) is 0 Å². The molecule has 0 saturated heterocycles. The summed E-state index contributed by atoms with van der Waals surface area (Å²) in [4.78, 5) is 32.4. The van der Waals surface area contributed by atoms with Crippen LogP contribution >= 0.6 is 0 Å². The molecule has 4 aromatic rings. The van der Waals surface area contributed by atoms with E-state index < -0.39 is 17.7 Å². The van der Waals surface area contributed by atoms with Crippen molar-refractivity contribution < 1.29 is 14.7 Å². The molecular weight excluding hydrogens is 406 g/mol. The second-order valence-electron chi connectivity index (χ2n) is 7.75. The van der Waals surface area contributed by atoms with Gasteiger partial charge in [-0.05, 0) is 29.8 Å². The maximum Gasteiger partial charge on any atom is 0.311 e. The fourth-order valence-electron chi connectivity index (χ4n) is 3.70. The third-order valence-electron chi connectivity index (χ3n) is 5.44. The van der Waals surface area contributed by atoms with E-state index in [2.05, 4.69) is 9.97 Å². The van der Waals surface area contributed by atoms with E-state index in [4.69, 9.17) is 17.2 Å². The number of aromatic amines is 1. The average molecular weight is 429 g/mol. The van der Waals surface area contributed by atoms with E-state index in [1.54, 1.807) is 36.7 Å². The minimum absolute atomic E-state index is 0.200. The van der Waals surface area contributed by atoms with Gasteiger partial charge in [-0.1, -0.05) is 36.4 Å². The van der Waals surface area contributed by atoms with Crippen LogP contribution in [0.25, 0.3) is 22.2 Å². The molecule has 0 spiro atoms. The highest BCUT2D eigenvalue weighted by Gasteiger charge is 2.27. The molecule has 2 aromatic heterocycles. The number of fused-ring (bicyclic) bond motifs is 1. The van der Waals surface area contributed by atoms with Crippen LogP contribution in [-0.4, -0.2) is 26.8 Å². The number of benzene rings is 2. The van der Waals surface area contributed by atoms with E-state index >= 15 is 0 Å². The lowest BCUT2D eigenvalue weighted by atomic mass is 9.90. The SMILES string of the molecule is NC(N)(N)c1ccc(C(=O)CC(C(=O)O)c2c[nH]c3ccc(-c4ccccn4)cc23)cc1. The van der Waals surface area contributed by atoms with Crippen molar-refractivity contribution in [2.24, 2.45) is 17.2 Å². The fraction of sp³-hybridized carbons (Fsp3) is 0.125. The summed E-state index contributed by atoms with van der Waals surface area (Å²) < 4.78 is 0. The van der Waals surface area contributed by atoms with E-state index in [1.165, 1.54) is 0 Å². The van der Waals surface area contributed by atoms with E-state index in [0.29, 0.717) is 16.7 Å². The Bertz CT molecular complexity index is 1270. The summed E-state index contributed by atoms with van der Waals surface area (Å²) >= 11 is 0. The number of hydrogen-bond acceptors (Lipinski definition) is 6. The van der Waals surface area contributed by atoms with Crippen LogP contribution in [0.15, 0.2) is 73.1 Å². The maximum absolute atomic E-state index is 12.9. The molecule has 0 radical (unpaired) electrons. The predicted molar refractivity (Wildman–Crippen MR) is 122 cm³/mol. The van der Waals surface area contributed by atoms with Gasteiger partial charge in [0.1, 0.15) is 5.79 Å². The Balaban J connectivity index is 1.65. The molecule has 0 aliphatic rings. The van der Waals surface area contributed by atoms with Gasteiger partial charge in [-0.15, -0.1) is 0 Å². The van der Waals surface area contributed by atoms with Crippen LogP contribution in [-0.2, 0) is 10.6 Å². The smallest absolute Gasteiger partial charge is 0.311 e. The highest BCUT2D eigenvalue weighted by atomic mass is 16.4.